The monoisotopic (exact) mass is 324 g/mol. The largest absolute Gasteiger partial charge is 0.355 e. The second-order valence-corrected chi connectivity index (χ2v) is 6.50. The quantitative estimate of drug-likeness (QED) is 0.795. The first-order valence-corrected chi connectivity index (χ1v) is 7.26. The summed E-state index contributed by atoms with van der Waals surface area (Å²) in [7, 11) is 0. The minimum Gasteiger partial charge on any atom is -0.355 e. The van der Waals surface area contributed by atoms with Crippen LogP contribution < -0.4 is 4.90 Å². The Morgan fingerprint density at radius 2 is 2.05 bits per heavy atom. The molecule has 1 heterocycles. The molecule has 0 aliphatic heterocycles. The predicted octanol–water partition coefficient (Wildman–Crippen LogP) is 3.52. The van der Waals surface area contributed by atoms with E-state index in [1.807, 2.05) is 13.0 Å². The van der Waals surface area contributed by atoms with Crippen molar-refractivity contribution in [3.8, 4) is 6.07 Å². The zero-order valence-corrected chi connectivity index (χ0v) is 13.8. The van der Waals surface area contributed by atoms with Crippen molar-refractivity contribution in [1.82, 2.24) is 9.97 Å². The zero-order chi connectivity index (χ0) is 14.6. The van der Waals surface area contributed by atoms with Gasteiger partial charge in [-0.05, 0) is 29.8 Å². The van der Waals surface area contributed by atoms with Crippen LogP contribution in [0.2, 0.25) is 0 Å². The molecule has 1 rings (SSSR count). The standard InChI is InChI=1S/C14H21BrN4/c1-6-19(9-10(2)8-16)12-7-11(15)17-13(18-12)14(3,4)5/h7,10H,6,9H2,1-5H3. The van der Waals surface area contributed by atoms with Crippen LogP contribution in [0.3, 0.4) is 0 Å². The SMILES string of the molecule is CCN(CC(C)C#N)c1cc(Br)nc(C(C)(C)C)n1. The molecule has 0 N–H and O–H groups in total. The van der Waals surface area contributed by atoms with Gasteiger partial charge in [-0.3, -0.25) is 0 Å². The molecule has 0 fully saturated rings. The van der Waals surface area contributed by atoms with E-state index in [1.165, 1.54) is 0 Å². The lowest BCUT2D eigenvalue weighted by molar-refractivity contribution is 0.541. The number of hydrogen-bond acceptors (Lipinski definition) is 4. The topological polar surface area (TPSA) is 52.8 Å². The van der Waals surface area contributed by atoms with Crippen molar-refractivity contribution in [2.45, 2.75) is 40.0 Å². The number of anilines is 1. The predicted molar refractivity (Wildman–Crippen MR) is 81.1 cm³/mol. The van der Waals surface area contributed by atoms with Crippen molar-refractivity contribution in [1.29, 1.82) is 5.26 Å². The lowest BCUT2D eigenvalue weighted by Gasteiger charge is -2.25. The summed E-state index contributed by atoms with van der Waals surface area (Å²) in [5, 5.41) is 8.95. The van der Waals surface area contributed by atoms with Gasteiger partial charge in [0.15, 0.2) is 0 Å². The average Bonchev–Trinajstić information content (AvgIpc) is 2.33. The van der Waals surface area contributed by atoms with Gasteiger partial charge in [-0.2, -0.15) is 5.26 Å². The van der Waals surface area contributed by atoms with E-state index in [4.69, 9.17) is 5.26 Å². The van der Waals surface area contributed by atoms with Crippen molar-refractivity contribution in [2.75, 3.05) is 18.0 Å². The van der Waals surface area contributed by atoms with Crippen LogP contribution in [-0.2, 0) is 5.41 Å². The zero-order valence-electron chi connectivity index (χ0n) is 12.2. The molecule has 0 radical (unpaired) electrons. The highest BCUT2D eigenvalue weighted by Crippen LogP contribution is 2.24. The Labute approximate surface area is 124 Å². The highest BCUT2D eigenvalue weighted by molar-refractivity contribution is 9.10. The maximum atomic E-state index is 8.95. The van der Waals surface area contributed by atoms with E-state index in [0.29, 0.717) is 6.54 Å². The van der Waals surface area contributed by atoms with Crippen LogP contribution in [0.15, 0.2) is 10.7 Å². The Kier molecular flexibility index (Phi) is 5.30. The van der Waals surface area contributed by atoms with Crippen molar-refractivity contribution >= 4 is 21.7 Å². The fourth-order valence-electron chi connectivity index (χ4n) is 1.66. The maximum Gasteiger partial charge on any atom is 0.137 e. The van der Waals surface area contributed by atoms with Gasteiger partial charge in [-0.15, -0.1) is 0 Å². The molecule has 0 bridgehead atoms. The third kappa shape index (κ3) is 4.46. The van der Waals surface area contributed by atoms with Gasteiger partial charge in [0, 0.05) is 24.6 Å². The summed E-state index contributed by atoms with van der Waals surface area (Å²) in [6, 6.07) is 4.17. The van der Waals surface area contributed by atoms with E-state index < -0.39 is 0 Å². The Morgan fingerprint density at radius 3 is 2.53 bits per heavy atom. The van der Waals surface area contributed by atoms with E-state index in [2.05, 4.69) is 64.6 Å². The summed E-state index contributed by atoms with van der Waals surface area (Å²) >= 11 is 3.44. The second kappa shape index (κ2) is 6.33. The third-order valence-electron chi connectivity index (χ3n) is 2.77. The molecular weight excluding hydrogens is 304 g/mol. The van der Waals surface area contributed by atoms with Crippen molar-refractivity contribution in [2.24, 2.45) is 5.92 Å². The summed E-state index contributed by atoms with van der Waals surface area (Å²) in [5.41, 5.74) is -0.0984. The summed E-state index contributed by atoms with van der Waals surface area (Å²) < 4.78 is 0.783. The molecule has 0 aliphatic carbocycles. The van der Waals surface area contributed by atoms with Crippen molar-refractivity contribution < 1.29 is 0 Å². The first-order chi connectivity index (χ1) is 8.77. The van der Waals surface area contributed by atoms with E-state index in [1.54, 1.807) is 0 Å². The maximum absolute atomic E-state index is 8.95. The molecule has 4 nitrogen and oxygen atoms in total. The second-order valence-electron chi connectivity index (χ2n) is 5.69. The molecule has 1 atom stereocenters. The van der Waals surface area contributed by atoms with Crippen LogP contribution in [0.25, 0.3) is 0 Å². The normalized spacial score (nSPS) is 12.9. The molecule has 1 aromatic rings. The Morgan fingerprint density at radius 1 is 1.42 bits per heavy atom. The van der Waals surface area contributed by atoms with Crippen LogP contribution in [0.4, 0.5) is 5.82 Å². The fourth-order valence-corrected chi connectivity index (χ4v) is 2.03. The van der Waals surface area contributed by atoms with E-state index in [0.717, 1.165) is 22.8 Å². The molecular formula is C14H21BrN4. The van der Waals surface area contributed by atoms with Crippen LogP contribution >= 0.6 is 15.9 Å². The third-order valence-corrected chi connectivity index (χ3v) is 3.18. The van der Waals surface area contributed by atoms with Gasteiger partial charge in [0.25, 0.3) is 0 Å². The van der Waals surface area contributed by atoms with Crippen LogP contribution in [-0.4, -0.2) is 23.1 Å². The molecule has 5 heteroatoms. The molecule has 0 aliphatic rings. The highest BCUT2D eigenvalue weighted by Gasteiger charge is 2.20. The smallest absolute Gasteiger partial charge is 0.137 e. The number of aromatic nitrogens is 2. The molecule has 104 valence electrons. The van der Waals surface area contributed by atoms with Crippen LogP contribution in [0.1, 0.15) is 40.4 Å². The minimum atomic E-state index is -0.0984. The average molecular weight is 325 g/mol. The number of hydrogen-bond donors (Lipinski definition) is 0. The molecule has 19 heavy (non-hydrogen) atoms. The van der Waals surface area contributed by atoms with E-state index >= 15 is 0 Å². The van der Waals surface area contributed by atoms with Crippen molar-refractivity contribution in [3.05, 3.63) is 16.5 Å². The summed E-state index contributed by atoms with van der Waals surface area (Å²) in [6.45, 7) is 11.8. The lowest BCUT2D eigenvalue weighted by Crippen LogP contribution is -2.30. The molecule has 1 aromatic heterocycles. The van der Waals surface area contributed by atoms with Gasteiger partial charge in [-0.1, -0.05) is 20.8 Å². The number of nitriles is 1. The first kappa shape index (κ1) is 15.9. The first-order valence-electron chi connectivity index (χ1n) is 6.47. The highest BCUT2D eigenvalue weighted by atomic mass is 79.9. The number of nitrogens with zero attached hydrogens (tertiary/aromatic N) is 4. The van der Waals surface area contributed by atoms with Gasteiger partial charge in [0.2, 0.25) is 0 Å². The lowest BCUT2D eigenvalue weighted by atomic mass is 9.96. The molecule has 0 aromatic carbocycles. The van der Waals surface area contributed by atoms with Gasteiger partial charge in [0.05, 0.1) is 12.0 Å². The van der Waals surface area contributed by atoms with Gasteiger partial charge in [-0.25, -0.2) is 9.97 Å². The molecule has 0 saturated heterocycles. The van der Waals surface area contributed by atoms with Gasteiger partial charge >= 0.3 is 0 Å². The van der Waals surface area contributed by atoms with E-state index in [9.17, 15) is 0 Å². The van der Waals surface area contributed by atoms with E-state index in [-0.39, 0.29) is 11.3 Å². The molecule has 0 spiro atoms. The Hall–Kier alpha value is -1.15. The molecule has 0 amide bonds. The van der Waals surface area contributed by atoms with Gasteiger partial charge in [0.1, 0.15) is 16.2 Å². The van der Waals surface area contributed by atoms with Gasteiger partial charge < -0.3 is 4.90 Å². The fraction of sp³-hybridized carbons (Fsp3) is 0.643. The molecule has 1 unspecified atom stereocenters. The number of halogens is 1. The van der Waals surface area contributed by atoms with Crippen LogP contribution in [0.5, 0.6) is 0 Å². The summed E-state index contributed by atoms with van der Waals surface area (Å²) in [4.78, 5) is 11.2. The summed E-state index contributed by atoms with van der Waals surface area (Å²) in [6.07, 6.45) is 0. The minimum absolute atomic E-state index is 0.0215. The van der Waals surface area contributed by atoms with Crippen molar-refractivity contribution in [3.63, 3.8) is 0 Å². The summed E-state index contributed by atoms with van der Waals surface area (Å²) in [5.74, 6) is 1.66. The molecule has 0 saturated carbocycles. The number of rotatable bonds is 4. The Balaban J connectivity index is 3.11. The Bertz CT molecular complexity index is 473. The van der Waals surface area contributed by atoms with Crippen LogP contribution in [0, 0.1) is 17.2 Å².